The van der Waals surface area contributed by atoms with Crippen molar-refractivity contribution in [3.63, 3.8) is 0 Å². The van der Waals surface area contributed by atoms with Gasteiger partial charge in [0.15, 0.2) is 11.5 Å². The molecule has 0 bridgehead atoms. The Hall–Kier alpha value is -2.96. The van der Waals surface area contributed by atoms with Gasteiger partial charge in [0.25, 0.3) is 11.8 Å². The van der Waals surface area contributed by atoms with Crippen molar-refractivity contribution < 1.29 is 9.32 Å². The van der Waals surface area contributed by atoms with Crippen LogP contribution >= 0.6 is 0 Å². The summed E-state index contributed by atoms with van der Waals surface area (Å²) in [5.74, 6) is 1.33. The quantitative estimate of drug-likeness (QED) is 0.710. The third-order valence-corrected chi connectivity index (χ3v) is 5.20. The molecular weight excluding hydrogens is 330 g/mol. The molecule has 2 aromatic heterocycles. The molecule has 1 atom stereocenters. The summed E-state index contributed by atoms with van der Waals surface area (Å²) in [5, 5.41) is 4.06. The molecule has 1 aromatic carbocycles. The van der Waals surface area contributed by atoms with Gasteiger partial charge in [-0.05, 0) is 25.5 Å². The predicted octanol–water partition coefficient (Wildman–Crippen LogP) is 3.25. The van der Waals surface area contributed by atoms with Gasteiger partial charge < -0.3 is 9.42 Å². The third-order valence-electron chi connectivity index (χ3n) is 5.20. The Bertz CT molecular complexity index is 1030. The molecule has 1 fully saturated rings. The summed E-state index contributed by atoms with van der Waals surface area (Å²) in [7, 11) is 0. The first kappa shape index (κ1) is 15.3. The molecule has 0 saturated carbocycles. The number of carbonyl (C=O) groups is 1. The lowest BCUT2D eigenvalue weighted by Gasteiger charge is -2.39. The minimum Gasteiger partial charge on any atom is -0.332 e. The van der Waals surface area contributed by atoms with E-state index in [4.69, 9.17) is 4.52 Å². The van der Waals surface area contributed by atoms with Crippen molar-refractivity contribution in [3.05, 3.63) is 47.2 Å². The van der Waals surface area contributed by atoms with Crippen LogP contribution in [0.3, 0.4) is 0 Å². The molecule has 7 heteroatoms. The van der Waals surface area contributed by atoms with E-state index in [1.165, 1.54) is 0 Å². The number of aromatic nitrogens is 4. The zero-order valence-corrected chi connectivity index (χ0v) is 14.9. The van der Waals surface area contributed by atoms with Gasteiger partial charge in [-0.25, -0.2) is 4.98 Å². The largest absolute Gasteiger partial charge is 0.332 e. The summed E-state index contributed by atoms with van der Waals surface area (Å²) in [6.45, 7) is 6.79. The van der Waals surface area contributed by atoms with Crippen LogP contribution in [-0.4, -0.2) is 37.0 Å². The van der Waals surface area contributed by atoms with Crippen LogP contribution in [0.15, 0.2) is 29.0 Å². The van der Waals surface area contributed by atoms with Crippen LogP contribution < -0.4 is 0 Å². The highest BCUT2D eigenvalue weighted by molar-refractivity contribution is 5.99. The summed E-state index contributed by atoms with van der Waals surface area (Å²) in [6, 6.07) is 5.94. The van der Waals surface area contributed by atoms with E-state index in [-0.39, 0.29) is 17.9 Å². The Balaban J connectivity index is 1.73. The maximum absolute atomic E-state index is 13.0. The van der Waals surface area contributed by atoms with Gasteiger partial charge in [-0.1, -0.05) is 30.6 Å². The molecular formula is C19H19N5O2. The molecule has 2 aliphatic rings. The normalized spacial score (nSPS) is 18.2. The Kier molecular flexibility index (Phi) is 3.10. The second kappa shape index (κ2) is 5.27. The molecule has 7 nitrogen and oxygen atoms in total. The molecule has 4 heterocycles. The van der Waals surface area contributed by atoms with Gasteiger partial charge in [-0.3, -0.25) is 9.36 Å². The van der Waals surface area contributed by atoms with Crippen LogP contribution in [-0.2, 0) is 0 Å². The molecule has 132 valence electrons. The molecule has 1 saturated heterocycles. The number of benzene rings is 1. The Labute approximate surface area is 150 Å². The fourth-order valence-corrected chi connectivity index (χ4v) is 3.70. The second-order valence-electron chi connectivity index (χ2n) is 7.28. The number of fused-ring (bicyclic) bond motifs is 5. The van der Waals surface area contributed by atoms with Gasteiger partial charge in [0.1, 0.15) is 6.33 Å². The Morgan fingerprint density at radius 3 is 2.85 bits per heavy atom. The third kappa shape index (κ3) is 2.00. The highest BCUT2D eigenvalue weighted by atomic mass is 16.5. The fourth-order valence-electron chi connectivity index (χ4n) is 3.70. The lowest BCUT2D eigenvalue weighted by molar-refractivity contribution is 0.0461. The smallest absolute Gasteiger partial charge is 0.278 e. The summed E-state index contributed by atoms with van der Waals surface area (Å²) < 4.78 is 7.48. The first-order valence-corrected chi connectivity index (χ1v) is 8.88. The number of hydrogen-bond donors (Lipinski definition) is 0. The minimum absolute atomic E-state index is 0.0119. The summed E-state index contributed by atoms with van der Waals surface area (Å²) in [4.78, 5) is 24.0. The van der Waals surface area contributed by atoms with Crippen LogP contribution in [0.5, 0.6) is 0 Å². The molecule has 0 aliphatic carbocycles. The van der Waals surface area contributed by atoms with Gasteiger partial charge in [0, 0.05) is 12.5 Å². The first-order valence-electron chi connectivity index (χ1n) is 8.88. The topological polar surface area (TPSA) is 77.1 Å². The number of aryl methyl sites for hydroxylation is 1. The number of rotatable bonds is 2. The number of amides is 1. The van der Waals surface area contributed by atoms with Crippen molar-refractivity contribution in [1.82, 2.24) is 24.6 Å². The maximum atomic E-state index is 13.0. The van der Waals surface area contributed by atoms with Crippen molar-refractivity contribution in [2.75, 3.05) is 6.54 Å². The van der Waals surface area contributed by atoms with Crippen molar-refractivity contribution in [2.24, 2.45) is 0 Å². The molecule has 0 N–H and O–H groups in total. The van der Waals surface area contributed by atoms with Crippen molar-refractivity contribution >= 4 is 5.91 Å². The van der Waals surface area contributed by atoms with E-state index in [9.17, 15) is 4.79 Å². The fraction of sp³-hybridized carbons (Fsp3) is 0.368. The van der Waals surface area contributed by atoms with Crippen LogP contribution in [0.1, 0.15) is 59.7 Å². The van der Waals surface area contributed by atoms with Crippen molar-refractivity contribution in [2.45, 2.75) is 39.2 Å². The van der Waals surface area contributed by atoms with Crippen molar-refractivity contribution in [1.29, 1.82) is 0 Å². The first-order chi connectivity index (χ1) is 12.5. The average molecular weight is 349 g/mol. The zero-order chi connectivity index (χ0) is 18.0. The van der Waals surface area contributed by atoms with Gasteiger partial charge >= 0.3 is 0 Å². The SMILES string of the molecule is Cc1ccc2c(c1)C(=O)N1CC[C@H]1c1c(-c3nc(C(C)C)no3)ncn1-2. The number of hydrogen-bond acceptors (Lipinski definition) is 5. The van der Waals surface area contributed by atoms with Crippen LogP contribution in [0.25, 0.3) is 17.3 Å². The summed E-state index contributed by atoms with van der Waals surface area (Å²) in [5.41, 5.74) is 4.25. The van der Waals surface area contributed by atoms with E-state index in [0.29, 0.717) is 23.0 Å². The molecule has 0 radical (unpaired) electrons. The highest BCUT2D eigenvalue weighted by Crippen LogP contribution is 2.43. The summed E-state index contributed by atoms with van der Waals surface area (Å²) >= 11 is 0. The number of carbonyl (C=O) groups excluding carboxylic acids is 1. The van der Waals surface area contributed by atoms with Crippen LogP contribution in [0, 0.1) is 6.92 Å². The maximum Gasteiger partial charge on any atom is 0.278 e. The average Bonchev–Trinajstić information content (AvgIpc) is 3.19. The molecule has 26 heavy (non-hydrogen) atoms. The minimum atomic E-state index is -0.0119. The van der Waals surface area contributed by atoms with Gasteiger partial charge in [0.05, 0.1) is 23.0 Å². The van der Waals surface area contributed by atoms with Crippen molar-refractivity contribution in [3.8, 4) is 17.3 Å². The molecule has 0 unspecified atom stereocenters. The Morgan fingerprint density at radius 2 is 2.15 bits per heavy atom. The number of imidazole rings is 1. The van der Waals surface area contributed by atoms with E-state index < -0.39 is 0 Å². The van der Waals surface area contributed by atoms with Gasteiger partial charge in [-0.15, -0.1) is 0 Å². The van der Waals surface area contributed by atoms with Gasteiger partial charge in [0.2, 0.25) is 0 Å². The van der Waals surface area contributed by atoms with Gasteiger partial charge in [-0.2, -0.15) is 4.98 Å². The van der Waals surface area contributed by atoms with E-state index in [1.54, 1.807) is 6.33 Å². The monoisotopic (exact) mass is 349 g/mol. The Morgan fingerprint density at radius 1 is 1.31 bits per heavy atom. The molecule has 3 aromatic rings. The lowest BCUT2D eigenvalue weighted by Crippen LogP contribution is -2.44. The van der Waals surface area contributed by atoms with Crippen LogP contribution in [0.2, 0.25) is 0 Å². The van der Waals surface area contributed by atoms with E-state index in [0.717, 1.165) is 29.9 Å². The van der Waals surface area contributed by atoms with E-state index >= 15 is 0 Å². The lowest BCUT2D eigenvalue weighted by atomic mass is 9.97. The van der Waals surface area contributed by atoms with E-state index in [1.807, 2.05) is 48.4 Å². The predicted molar refractivity (Wildman–Crippen MR) is 94.1 cm³/mol. The molecule has 5 rings (SSSR count). The van der Waals surface area contributed by atoms with E-state index in [2.05, 4.69) is 15.1 Å². The highest BCUT2D eigenvalue weighted by Gasteiger charge is 2.42. The number of nitrogens with zero attached hydrogens (tertiary/aromatic N) is 5. The molecule has 0 spiro atoms. The zero-order valence-electron chi connectivity index (χ0n) is 14.9. The standard InChI is InChI=1S/C19H19N5O2/c1-10(2)17-21-18(26-22-17)15-16-14-6-7-23(14)19(25)12-8-11(3)4-5-13(12)24(16)9-20-15/h4-5,8-10,14H,6-7H2,1-3H3/t14-/m0/s1. The summed E-state index contributed by atoms with van der Waals surface area (Å²) in [6.07, 6.45) is 2.66. The molecule has 2 aliphatic heterocycles. The van der Waals surface area contributed by atoms with Crippen LogP contribution in [0.4, 0.5) is 0 Å². The molecule has 1 amide bonds. The second-order valence-corrected chi connectivity index (χ2v) is 7.28.